The van der Waals surface area contributed by atoms with Gasteiger partial charge >= 0.3 is 0 Å². The molecular formula is C18H23NO. The second-order valence-electron chi connectivity index (χ2n) is 5.18. The SMILES string of the molecule is CC(C)c1ccccc1NCCCOc1ccccc1. The van der Waals surface area contributed by atoms with Gasteiger partial charge in [-0.2, -0.15) is 0 Å². The quantitative estimate of drug-likeness (QED) is 0.736. The maximum absolute atomic E-state index is 5.68. The first-order valence-electron chi connectivity index (χ1n) is 7.28. The Bertz CT molecular complexity index is 508. The van der Waals surface area contributed by atoms with E-state index in [0.29, 0.717) is 5.92 Å². The van der Waals surface area contributed by atoms with Gasteiger partial charge in [0.05, 0.1) is 6.61 Å². The van der Waals surface area contributed by atoms with Crippen molar-refractivity contribution in [3.63, 3.8) is 0 Å². The zero-order valence-corrected chi connectivity index (χ0v) is 12.3. The van der Waals surface area contributed by atoms with E-state index in [9.17, 15) is 0 Å². The van der Waals surface area contributed by atoms with Gasteiger partial charge in [-0.1, -0.05) is 50.2 Å². The Morgan fingerprint density at radius 3 is 2.40 bits per heavy atom. The molecule has 0 fully saturated rings. The van der Waals surface area contributed by atoms with Gasteiger partial charge in [-0.25, -0.2) is 0 Å². The minimum Gasteiger partial charge on any atom is -0.494 e. The minimum atomic E-state index is 0.541. The first kappa shape index (κ1) is 14.4. The molecule has 0 heterocycles. The largest absolute Gasteiger partial charge is 0.494 e. The molecule has 20 heavy (non-hydrogen) atoms. The van der Waals surface area contributed by atoms with Crippen molar-refractivity contribution in [2.24, 2.45) is 0 Å². The zero-order valence-electron chi connectivity index (χ0n) is 12.3. The number of hydrogen-bond acceptors (Lipinski definition) is 2. The lowest BCUT2D eigenvalue weighted by Gasteiger charge is -2.14. The van der Waals surface area contributed by atoms with Crippen LogP contribution in [0.5, 0.6) is 5.75 Å². The van der Waals surface area contributed by atoms with E-state index in [1.54, 1.807) is 0 Å². The third kappa shape index (κ3) is 4.30. The third-order valence-corrected chi connectivity index (χ3v) is 3.23. The van der Waals surface area contributed by atoms with Gasteiger partial charge in [-0.15, -0.1) is 0 Å². The monoisotopic (exact) mass is 269 g/mol. The van der Waals surface area contributed by atoms with Crippen LogP contribution in [0.15, 0.2) is 54.6 Å². The predicted octanol–water partition coefficient (Wildman–Crippen LogP) is 4.69. The molecular weight excluding hydrogens is 246 g/mol. The molecule has 2 aromatic carbocycles. The van der Waals surface area contributed by atoms with E-state index in [-0.39, 0.29) is 0 Å². The first-order valence-corrected chi connectivity index (χ1v) is 7.28. The van der Waals surface area contributed by atoms with Gasteiger partial charge in [-0.3, -0.25) is 0 Å². The molecule has 0 aliphatic heterocycles. The highest BCUT2D eigenvalue weighted by Crippen LogP contribution is 2.23. The van der Waals surface area contributed by atoms with Crippen LogP contribution in [0.25, 0.3) is 0 Å². The lowest BCUT2D eigenvalue weighted by molar-refractivity contribution is 0.315. The Hall–Kier alpha value is -1.96. The molecule has 2 nitrogen and oxygen atoms in total. The molecule has 0 spiro atoms. The molecule has 1 N–H and O–H groups in total. The fourth-order valence-corrected chi connectivity index (χ4v) is 2.16. The van der Waals surface area contributed by atoms with Crippen LogP contribution in [-0.2, 0) is 0 Å². The fourth-order valence-electron chi connectivity index (χ4n) is 2.16. The number of hydrogen-bond donors (Lipinski definition) is 1. The van der Waals surface area contributed by atoms with Crippen LogP contribution >= 0.6 is 0 Å². The summed E-state index contributed by atoms with van der Waals surface area (Å²) in [5, 5.41) is 3.50. The number of nitrogens with one attached hydrogen (secondary N) is 1. The summed E-state index contributed by atoms with van der Waals surface area (Å²) in [6.07, 6.45) is 0.987. The van der Waals surface area contributed by atoms with E-state index in [1.165, 1.54) is 11.3 Å². The van der Waals surface area contributed by atoms with Gasteiger partial charge in [-0.05, 0) is 36.1 Å². The van der Waals surface area contributed by atoms with Crippen molar-refractivity contribution in [3.8, 4) is 5.75 Å². The first-order chi connectivity index (χ1) is 9.77. The molecule has 0 aliphatic rings. The maximum atomic E-state index is 5.68. The van der Waals surface area contributed by atoms with Crippen LogP contribution < -0.4 is 10.1 Å². The van der Waals surface area contributed by atoms with Gasteiger partial charge < -0.3 is 10.1 Å². The molecule has 0 aromatic heterocycles. The zero-order chi connectivity index (χ0) is 14.2. The highest BCUT2D eigenvalue weighted by Gasteiger charge is 2.04. The second-order valence-corrected chi connectivity index (χ2v) is 5.18. The average Bonchev–Trinajstić information content (AvgIpc) is 2.48. The number of rotatable bonds is 7. The molecule has 0 radical (unpaired) electrons. The van der Waals surface area contributed by atoms with Crippen molar-refractivity contribution in [2.45, 2.75) is 26.2 Å². The topological polar surface area (TPSA) is 21.3 Å². The Labute approximate surface area is 121 Å². The Kier molecular flexibility index (Phi) is 5.48. The van der Waals surface area contributed by atoms with Crippen LogP contribution in [0, 0.1) is 0 Å². The summed E-state index contributed by atoms with van der Waals surface area (Å²) in [5.74, 6) is 1.48. The maximum Gasteiger partial charge on any atom is 0.119 e. The van der Waals surface area contributed by atoms with Crippen molar-refractivity contribution >= 4 is 5.69 Å². The Balaban J connectivity index is 1.74. The molecule has 2 aromatic rings. The molecule has 0 bridgehead atoms. The van der Waals surface area contributed by atoms with Crippen LogP contribution in [0.4, 0.5) is 5.69 Å². The van der Waals surface area contributed by atoms with Crippen molar-refractivity contribution in [2.75, 3.05) is 18.5 Å². The van der Waals surface area contributed by atoms with Crippen molar-refractivity contribution in [3.05, 3.63) is 60.2 Å². The second kappa shape index (κ2) is 7.59. The Morgan fingerprint density at radius 1 is 0.950 bits per heavy atom. The summed E-state index contributed by atoms with van der Waals surface area (Å²) in [6, 6.07) is 18.5. The molecule has 0 aliphatic carbocycles. The summed E-state index contributed by atoms with van der Waals surface area (Å²) in [5.41, 5.74) is 2.61. The van der Waals surface area contributed by atoms with Crippen LogP contribution in [0.3, 0.4) is 0 Å². The molecule has 2 rings (SSSR count). The Morgan fingerprint density at radius 2 is 1.65 bits per heavy atom. The summed E-state index contributed by atoms with van der Waals surface area (Å²) >= 11 is 0. The summed E-state index contributed by atoms with van der Waals surface area (Å²) in [4.78, 5) is 0. The molecule has 0 amide bonds. The van der Waals surface area contributed by atoms with Gasteiger partial charge in [0, 0.05) is 12.2 Å². The van der Waals surface area contributed by atoms with E-state index < -0.39 is 0 Å². The average molecular weight is 269 g/mol. The van der Waals surface area contributed by atoms with E-state index in [4.69, 9.17) is 4.74 Å². The van der Waals surface area contributed by atoms with E-state index in [2.05, 4.69) is 43.4 Å². The molecule has 0 saturated heterocycles. The smallest absolute Gasteiger partial charge is 0.119 e. The number of para-hydroxylation sites is 2. The number of anilines is 1. The van der Waals surface area contributed by atoms with Gasteiger partial charge in [0.25, 0.3) is 0 Å². The van der Waals surface area contributed by atoms with E-state index in [1.807, 2.05) is 30.3 Å². The molecule has 0 atom stereocenters. The highest BCUT2D eigenvalue weighted by atomic mass is 16.5. The van der Waals surface area contributed by atoms with E-state index >= 15 is 0 Å². The highest BCUT2D eigenvalue weighted by molar-refractivity contribution is 5.52. The van der Waals surface area contributed by atoms with Crippen LogP contribution in [0.1, 0.15) is 31.7 Å². The summed E-state index contributed by atoms with van der Waals surface area (Å²) in [6.45, 7) is 6.11. The number of ether oxygens (including phenoxy) is 1. The molecule has 106 valence electrons. The van der Waals surface area contributed by atoms with Crippen molar-refractivity contribution < 1.29 is 4.74 Å². The predicted molar refractivity (Wildman–Crippen MR) is 85.6 cm³/mol. The summed E-state index contributed by atoms with van der Waals surface area (Å²) in [7, 11) is 0. The molecule has 0 saturated carbocycles. The van der Waals surface area contributed by atoms with Crippen molar-refractivity contribution in [1.82, 2.24) is 0 Å². The lowest BCUT2D eigenvalue weighted by Crippen LogP contribution is -2.09. The molecule has 2 heteroatoms. The number of benzene rings is 2. The van der Waals surface area contributed by atoms with Gasteiger partial charge in [0.1, 0.15) is 5.75 Å². The van der Waals surface area contributed by atoms with Crippen LogP contribution in [-0.4, -0.2) is 13.2 Å². The van der Waals surface area contributed by atoms with Crippen molar-refractivity contribution in [1.29, 1.82) is 0 Å². The lowest BCUT2D eigenvalue weighted by atomic mass is 10.0. The third-order valence-electron chi connectivity index (χ3n) is 3.23. The van der Waals surface area contributed by atoms with Crippen LogP contribution in [0.2, 0.25) is 0 Å². The van der Waals surface area contributed by atoms with Gasteiger partial charge in [0.2, 0.25) is 0 Å². The summed E-state index contributed by atoms with van der Waals surface area (Å²) < 4.78 is 5.68. The van der Waals surface area contributed by atoms with E-state index in [0.717, 1.165) is 25.3 Å². The van der Waals surface area contributed by atoms with Gasteiger partial charge in [0.15, 0.2) is 0 Å². The standard InChI is InChI=1S/C18H23NO/c1-15(2)17-11-6-7-12-18(17)19-13-8-14-20-16-9-4-3-5-10-16/h3-7,9-12,15,19H,8,13-14H2,1-2H3. The normalized spacial score (nSPS) is 10.6. The minimum absolute atomic E-state index is 0.541. The fraction of sp³-hybridized carbons (Fsp3) is 0.333. The molecule has 0 unspecified atom stereocenters.